The van der Waals surface area contributed by atoms with Gasteiger partial charge in [-0.05, 0) is 18.0 Å². The number of carbonyl (C=O) groups excluding carboxylic acids is 1. The number of morpholine rings is 1. The molecular formula is C20H22ClF3N8O2. The maximum atomic E-state index is 13.0. The molecule has 0 spiro atoms. The summed E-state index contributed by atoms with van der Waals surface area (Å²) in [5.74, 6) is 0.898. The SMILES string of the molecule is CN1CCCC1=O.FC(F)(F)Cn1c(Cl)nc2c(N3CCOCC3)nc(-c3cncnc3)nc21. The first kappa shape index (κ1) is 24.1. The van der Waals surface area contributed by atoms with Crippen molar-refractivity contribution in [1.82, 2.24) is 34.4 Å². The van der Waals surface area contributed by atoms with Crippen LogP contribution in [-0.4, -0.2) is 86.4 Å². The molecule has 1 amide bonds. The minimum Gasteiger partial charge on any atom is -0.378 e. The molecule has 34 heavy (non-hydrogen) atoms. The van der Waals surface area contributed by atoms with Crippen molar-refractivity contribution in [3.8, 4) is 11.4 Å². The normalized spacial score (nSPS) is 16.7. The first-order valence-electron chi connectivity index (χ1n) is 10.6. The van der Waals surface area contributed by atoms with Crippen LogP contribution in [0.4, 0.5) is 19.0 Å². The molecular weight excluding hydrogens is 477 g/mol. The molecule has 0 aromatic carbocycles. The van der Waals surface area contributed by atoms with Crippen LogP contribution in [0.3, 0.4) is 0 Å². The van der Waals surface area contributed by atoms with E-state index in [0.29, 0.717) is 43.6 Å². The summed E-state index contributed by atoms with van der Waals surface area (Å²) in [4.78, 5) is 34.9. The smallest absolute Gasteiger partial charge is 0.378 e. The lowest BCUT2D eigenvalue weighted by Gasteiger charge is -2.28. The highest BCUT2D eigenvalue weighted by atomic mass is 35.5. The second-order valence-corrected chi connectivity index (χ2v) is 8.11. The lowest BCUT2D eigenvalue weighted by Crippen LogP contribution is -2.37. The van der Waals surface area contributed by atoms with Crippen molar-refractivity contribution in [1.29, 1.82) is 0 Å². The summed E-state index contributed by atoms with van der Waals surface area (Å²) < 4.78 is 45.2. The fourth-order valence-corrected chi connectivity index (χ4v) is 3.83. The topological polar surface area (TPSA) is 102 Å². The Morgan fingerprint density at radius 2 is 1.79 bits per heavy atom. The van der Waals surface area contributed by atoms with Crippen LogP contribution in [-0.2, 0) is 16.1 Å². The Balaban J connectivity index is 0.000000336. The molecule has 2 aliphatic rings. The number of alkyl halides is 3. The summed E-state index contributed by atoms with van der Waals surface area (Å²) in [6.45, 7) is 1.67. The number of hydrogen-bond donors (Lipinski definition) is 0. The van der Waals surface area contributed by atoms with E-state index in [4.69, 9.17) is 16.3 Å². The first-order valence-corrected chi connectivity index (χ1v) is 10.9. The molecule has 0 N–H and O–H groups in total. The Hall–Kier alpha value is -3.06. The molecule has 2 aliphatic heterocycles. The molecule has 10 nitrogen and oxygen atoms in total. The summed E-state index contributed by atoms with van der Waals surface area (Å²) >= 11 is 6.00. The van der Waals surface area contributed by atoms with Crippen LogP contribution in [0.1, 0.15) is 12.8 Å². The van der Waals surface area contributed by atoms with Gasteiger partial charge in [0.25, 0.3) is 0 Å². The van der Waals surface area contributed by atoms with Crippen molar-refractivity contribution >= 4 is 34.5 Å². The number of aromatic nitrogens is 6. The van der Waals surface area contributed by atoms with E-state index < -0.39 is 12.7 Å². The van der Waals surface area contributed by atoms with Crippen molar-refractivity contribution in [3.05, 3.63) is 24.0 Å². The van der Waals surface area contributed by atoms with E-state index in [-0.39, 0.29) is 22.3 Å². The van der Waals surface area contributed by atoms with Gasteiger partial charge in [-0.15, -0.1) is 0 Å². The van der Waals surface area contributed by atoms with Crippen molar-refractivity contribution in [2.75, 3.05) is 44.8 Å². The van der Waals surface area contributed by atoms with Gasteiger partial charge in [0, 0.05) is 45.5 Å². The van der Waals surface area contributed by atoms with Crippen LogP contribution >= 0.6 is 11.6 Å². The van der Waals surface area contributed by atoms with Gasteiger partial charge in [0.15, 0.2) is 22.8 Å². The lowest BCUT2D eigenvalue weighted by molar-refractivity contribution is -0.140. The summed E-state index contributed by atoms with van der Waals surface area (Å²) in [6.07, 6.45) is 1.66. The molecule has 3 aromatic heterocycles. The van der Waals surface area contributed by atoms with E-state index in [1.165, 1.54) is 18.7 Å². The van der Waals surface area contributed by atoms with E-state index in [1.807, 2.05) is 11.9 Å². The van der Waals surface area contributed by atoms with Gasteiger partial charge in [0.05, 0.1) is 18.8 Å². The van der Waals surface area contributed by atoms with Crippen molar-refractivity contribution in [2.24, 2.45) is 0 Å². The molecule has 0 saturated carbocycles. The third-order valence-corrected chi connectivity index (χ3v) is 5.59. The van der Waals surface area contributed by atoms with E-state index in [1.54, 1.807) is 4.90 Å². The molecule has 2 saturated heterocycles. The Kier molecular flexibility index (Phi) is 7.12. The van der Waals surface area contributed by atoms with Crippen molar-refractivity contribution in [2.45, 2.75) is 25.6 Å². The number of carbonyl (C=O) groups is 1. The lowest BCUT2D eigenvalue weighted by atomic mass is 10.3. The van der Waals surface area contributed by atoms with Crippen molar-refractivity contribution < 1.29 is 22.7 Å². The molecule has 0 aliphatic carbocycles. The Morgan fingerprint density at radius 1 is 1.09 bits per heavy atom. The Bertz CT molecular complexity index is 1150. The quantitative estimate of drug-likeness (QED) is 0.508. The van der Waals surface area contributed by atoms with Gasteiger partial charge in [-0.25, -0.2) is 24.9 Å². The average Bonchev–Trinajstić information content (AvgIpc) is 3.35. The highest BCUT2D eigenvalue weighted by Crippen LogP contribution is 2.31. The van der Waals surface area contributed by atoms with Gasteiger partial charge in [-0.3, -0.25) is 9.36 Å². The van der Waals surface area contributed by atoms with Gasteiger partial charge in [-0.2, -0.15) is 13.2 Å². The zero-order valence-electron chi connectivity index (χ0n) is 18.3. The second-order valence-electron chi connectivity index (χ2n) is 7.77. The van der Waals surface area contributed by atoms with Gasteiger partial charge in [0.1, 0.15) is 12.9 Å². The second kappa shape index (κ2) is 10.1. The number of rotatable bonds is 3. The number of amides is 1. The van der Waals surface area contributed by atoms with Gasteiger partial charge < -0.3 is 14.5 Å². The fraction of sp³-hybridized carbons (Fsp3) is 0.500. The predicted molar refractivity (Wildman–Crippen MR) is 117 cm³/mol. The monoisotopic (exact) mass is 498 g/mol. The number of hydrogen-bond acceptors (Lipinski definition) is 8. The summed E-state index contributed by atoms with van der Waals surface area (Å²) in [5.41, 5.74) is 0.698. The highest BCUT2D eigenvalue weighted by molar-refractivity contribution is 6.29. The number of fused-ring (bicyclic) bond motifs is 1. The molecule has 2 fully saturated rings. The standard InChI is InChI=1S/C15H13ClF3N7O.C5H9NO/c16-14-22-10-12(25-1-3-27-4-2-25)23-11(9-5-20-8-21-6-9)24-13(10)26(14)7-15(17,18)19;1-6-4-2-3-5(6)7/h5-6,8H,1-4,7H2;2-4H2,1H3. The van der Waals surface area contributed by atoms with Crippen LogP contribution in [0.2, 0.25) is 5.28 Å². The minimum atomic E-state index is -4.47. The summed E-state index contributed by atoms with van der Waals surface area (Å²) in [6, 6.07) is 0. The number of ether oxygens (including phenoxy) is 1. The van der Waals surface area contributed by atoms with E-state index in [2.05, 4.69) is 24.9 Å². The van der Waals surface area contributed by atoms with Gasteiger partial charge >= 0.3 is 6.18 Å². The van der Waals surface area contributed by atoms with E-state index in [0.717, 1.165) is 24.0 Å². The molecule has 14 heteroatoms. The highest BCUT2D eigenvalue weighted by Gasteiger charge is 2.32. The molecule has 5 heterocycles. The molecule has 182 valence electrons. The van der Waals surface area contributed by atoms with Crippen LogP contribution in [0.5, 0.6) is 0 Å². The minimum absolute atomic E-state index is 0.00710. The van der Waals surface area contributed by atoms with E-state index in [9.17, 15) is 18.0 Å². The maximum Gasteiger partial charge on any atom is 0.406 e. The van der Waals surface area contributed by atoms with Crippen LogP contribution in [0.15, 0.2) is 18.7 Å². The fourth-order valence-electron chi connectivity index (χ4n) is 3.60. The molecule has 0 radical (unpaired) electrons. The molecule has 0 unspecified atom stereocenters. The van der Waals surface area contributed by atoms with Gasteiger partial charge in [-0.1, -0.05) is 0 Å². The number of nitrogens with zero attached hydrogens (tertiary/aromatic N) is 8. The summed E-state index contributed by atoms with van der Waals surface area (Å²) in [5, 5.41) is -0.299. The van der Waals surface area contributed by atoms with Gasteiger partial charge in [0.2, 0.25) is 11.2 Å². The predicted octanol–water partition coefficient (Wildman–Crippen LogP) is 2.57. The third-order valence-electron chi connectivity index (χ3n) is 5.31. The number of imidazole rings is 1. The number of likely N-dealkylation sites (tertiary alicyclic amines) is 1. The van der Waals surface area contributed by atoms with Crippen LogP contribution < -0.4 is 4.90 Å². The zero-order chi connectivity index (χ0) is 24.3. The Labute approximate surface area is 197 Å². The summed E-state index contributed by atoms with van der Waals surface area (Å²) in [7, 11) is 1.84. The largest absolute Gasteiger partial charge is 0.406 e. The molecule has 3 aromatic rings. The van der Waals surface area contributed by atoms with E-state index >= 15 is 0 Å². The van der Waals surface area contributed by atoms with Crippen molar-refractivity contribution in [3.63, 3.8) is 0 Å². The first-order chi connectivity index (χ1) is 16.2. The maximum absolute atomic E-state index is 13.0. The van der Waals surface area contributed by atoms with Crippen LogP contribution in [0.25, 0.3) is 22.6 Å². The van der Waals surface area contributed by atoms with Crippen LogP contribution in [0, 0.1) is 0 Å². The molecule has 5 rings (SSSR count). The molecule has 0 atom stereocenters. The Morgan fingerprint density at radius 3 is 2.35 bits per heavy atom. The number of halogens is 4. The average molecular weight is 499 g/mol. The zero-order valence-corrected chi connectivity index (χ0v) is 19.1. The third kappa shape index (κ3) is 5.53. The number of anilines is 1. The molecule has 0 bridgehead atoms.